The summed E-state index contributed by atoms with van der Waals surface area (Å²) in [5.41, 5.74) is 9.39. The number of aliphatic hydroxyl groups excluding tert-OH is 1. The summed E-state index contributed by atoms with van der Waals surface area (Å²) >= 11 is 0. The molecule has 624 valence electrons. The zero-order valence-electron chi connectivity index (χ0n) is 67.2. The molecule has 6 aromatic rings. The molecule has 23 nitrogen and oxygen atoms in total. The summed E-state index contributed by atoms with van der Waals surface area (Å²) in [6.07, 6.45) is 18.3. The van der Waals surface area contributed by atoms with E-state index in [2.05, 4.69) is 57.2 Å². The highest BCUT2D eigenvalue weighted by Crippen LogP contribution is 2.38. The predicted molar refractivity (Wildman–Crippen MR) is 430 cm³/mol. The third kappa shape index (κ3) is 23.3. The molecule has 6 saturated heterocycles. The molecule has 6 N–H and O–H groups in total. The van der Waals surface area contributed by atoms with E-state index in [-0.39, 0.29) is 60.2 Å². The first-order chi connectivity index (χ1) is 55.8. The summed E-state index contributed by atoms with van der Waals surface area (Å²) in [4.78, 5) is 57.8. The molecule has 9 aliphatic rings. The van der Waals surface area contributed by atoms with Crippen molar-refractivity contribution in [1.82, 2.24) is 29.7 Å². The number of fused-ring (bicyclic) bond motifs is 3. The number of carbonyl (C=O) groups excluding carboxylic acids is 1. The number of aromatic nitrogens is 3. The van der Waals surface area contributed by atoms with Gasteiger partial charge in [-0.25, -0.2) is 28.1 Å². The van der Waals surface area contributed by atoms with Gasteiger partial charge in [0, 0.05) is 100 Å². The highest BCUT2D eigenvalue weighted by molar-refractivity contribution is 5.83. The molecular weight excluding hydrogens is 1480 g/mol. The van der Waals surface area contributed by atoms with Crippen molar-refractivity contribution in [2.24, 2.45) is 5.92 Å². The van der Waals surface area contributed by atoms with Crippen LogP contribution in [0.1, 0.15) is 196 Å². The van der Waals surface area contributed by atoms with Crippen LogP contribution in [0.25, 0.3) is 0 Å². The number of unbranched alkanes of at least 4 members (excludes halogenated alkanes) is 3. The third-order valence-corrected chi connectivity index (χ3v) is 23.9. The van der Waals surface area contributed by atoms with Crippen molar-refractivity contribution < 1.29 is 80.8 Å². The number of benzene rings is 3. The fraction of sp³-hybridized carbons (Fsp3) is 0.596. The first-order valence-electron chi connectivity index (χ1n) is 42.0. The number of ether oxygens (including phenoxy) is 8. The summed E-state index contributed by atoms with van der Waals surface area (Å²) in [7, 11) is 0. The first kappa shape index (κ1) is 85.3. The minimum Gasteiger partial charge on any atom is -0.480 e. The Morgan fingerprint density at radius 1 is 0.530 bits per heavy atom. The second-order valence-corrected chi connectivity index (χ2v) is 33.1. The maximum absolute atomic E-state index is 14.8. The summed E-state index contributed by atoms with van der Waals surface area (Å²) in [6, 6.07) is 24.4. The van der Waals surface area contributed by atoms with Gasteiger partial charge >= 0.3 is 11.9 Å². The standard InChI is InChI=1S/C30H40FN3O5.C30H40FN3O4.C29H38FN3O5/c31-26-8-3-7-24(25(26)19-39-23-13-16-38-18-23)28(30(36)37)34-15-12-21(17-34)27(35)9-2-1-6-22-11-10-20-5-4-14-32-29(20)33-22;1-21(35)28(27-16-24(31)10-8-23(27)18-38-30(2)19-36-20-30)34-14-12-26(17-34)37-15-4-3-7-25-11-9-22-6-5-13-32-29(22)33-25;1-29(18-36-19-29)38-17-24-23(8-4-9-25(24)30)26(28(34)35)33-14-12-22(16-33)37-15-3-2-7-21-11-10-20-6-5-13-31-27(20)32-21/h3,7-8,10-11,21,23,27-28,35H,1-2,4-6,9,12-19H2,(H,32,33)(H,36,37);8-11,16,26,28H,3-7,12-15,17-20H2,1-2H3,(H,32,33);4,8-11,22,26H,2-3,5-7,12-19H2,1H3,(H,31,32)(H,34,35)/t;26-,28?;22-,26?/m.11/s1. The fourth-order valence-corrected chi connectivity index (χ4v) is 17.2. The molecule has 0 radical (unpaired) electrons. The van der Waals surface area contributed by atoms with E-state index in [9.17, 15) is 42.9 Å². The van der Waals surface area contributed by atoms with Gasteiger partial charge in [-0.2, -0.15) is 0 Å². The molecule has 0 saturated carbocycles. The van der Waals surface area contributed by atoms with Gasteiger partial charge in [0.05, 0.1) is 83.3 Å². The summed E-state index contributed by atoms with van der Waals surface area (Å²) in [5.74, 6) is -0.187. The van der Waals surface area contributed by atoms with E-state index in [0.29, 0.717) is 127 Å². The molecule has 3 aromatic carbocycles. The van der Waals surface area contributed by atoms with Crippen molar-refractivity contribution in [2.45, 2.75) is 223 Å². The second kappa shape index (κ2) is 41.2. The van der Waals surface area contributed by atoms with E-state index in [1.165, 1.54) is 47.4 Å². The van der Waals surface area contributed by atoms with Crippen LogP contribution < -0.4 is 16.0 Å². The Balaban J connectivity index is 0.000000150. The molecule has 3 aromatic heterocycles. The van der Waals surface area contributed by atoms with Crippen LogP contribution in [0.2, 0.25) is 0 Å². The van der Waals surface area contributed by atoms with E-state index in [4.69, 9.17) is 52.8 Å². The summed E-state index contributed by atoms with van der Waals surface area (Å²) < 4.78 is 90.0. The number of carboxylic acids is 2. The fourth-order valence-electron chi connectivity index (χ4n) is 17.2. The Bertz CT molecular complexity index is 4100. The number of nitrogens with one attached hydrogen (secondary N) is 3. The average Bonchev–Trinajstić information content (AvgIpc) is 1.78. The Labute approximate surface area is 674 Å². The van der Waals surface area contributed by atoms with E-state index in [0.717, 1.165) is 175 Å². The second-order valence-electron chi connectivity index (χ2n) is 33.1. The van der Waals surface area contributed by atoms with Crippen LogP contribution in [0.5, 0.6) is 0 Å². The number of nitrogens with zero attached hydrogens (tertiary/aromatic N) is 6. The molecule has 0 bridgehead atoms. The number of carboxylic acid groups (broad SMARTS) is 2. The zero-order valence-corrected chi connectivity index (χ0v) is 67.2. The van der Waals surface area contributed by atoms with Crippen molar-refractivity contribution in [2.75, 3.05) is 128 Å². The van der Waals surface area contributed by atoms with Gasteiger partial charge in [0.1, 0.15) is 58.2 Å². The van der Waals surface area contributed by atoms with Gasteiger partial charge in [-0.15, -0.1) is 0 Å². The Hall–Kier alpha value is -7.57. The number of halogens is 3. The number of rotatable bonds is 36. The van der Waals surface area contributed by atoms with Crippen molar-refractivity contribution in [1.29, 1.82) is 0 Å². The number of likely N-dealkylation sites (tertiary alicyclic amines) is 3. The Kier molecular flexibility index (Phi) is 30.6. The van der Waals surface area contributed by atoms with Gasteiger partial charge in [-0.1, -0.05) is 55.0 Å². The van der Waals surface area contributed by atoms with Gasteiger partial charge in [0.2, 0.25) is 0 Å². The number of aliphatic hydroxyl groups is 1. The summed E-state index contributed by atoms with van der Waals surface area (Å²) in [6.45, 7) is 16.7. The quantitative estimate of drug-likeness (QED) is 0.0200. The normalized spacial score (nSPS) is 21.9. The van der Waals surface area contributed by atoms with Crippen molar-refractivity contribution in [3.63, 3.8) is 0 Å². The van der Waals surface area contributed by atoms with E-state index in [1.54, 1.807) is 37.3 Å². The number of hydrogen-bond donors (Lipinski definition) is 6. The molecule has 9 aliphatic heterocycles. The van der Waals surface area contributed by atoms with Crippen LogP contribution >= 0.6 is 0 Å². The van der Waals surface area contributed by atoms with Crippen molar-refractivity contribution >= 4 is 35.2 Å². The number of aryl methyl sites for hydroxylation is 6. The van der Waals surface area contributed by atoms with E-state index in [1.807, 2.05) is 23.6 Å². The van der Waals surface area contributed by atoms with Crippen LogP contribution in [0.4, 0.5) is 30.6 Å². The third-order valence-electron chi connectivity index (χ3n) is 23.9. The lowest BCUT2D eigenvalue weighted by Gasteiger charge is -2.38. The van der Waals surface area contributed by atoms with Gasteiger partial charge in [-0.05, 0) is 237 Å². The highest BCUT2D eigenvalue weighted by Gasteiger charge is 2.42. The van der Waals surface area contributed by atoms with Gasteiger partial charge < -0.3 is 69.2 Å². The monoisotopic (exact) mass is 1590 g/mol. The van der Waals surface area contributed by atoms with E-state index >= 15 is 0 Å². The number of carbonyl (C=O) groups is 3. The lowest BCUT2D eigenvalue weighted by Crippen LogP contribution is -2.49. The maximum Gasteiger partial charge on any atom is 0.325 e. The number of pyridine rings is 3. The highest BCUT2D eigenvalue weighted by atomic mass is 19.1. The maximum atomic E-state index is 14.8. The molecule has 6 unspecified atom stereocenters. The molecule has 0 spiro atoms. The number of Topliss-reactive ketones (excluding diaryl/α,β-unsaturated/α-hetero) is 1. The molecule has 115 heavy (non-hydrogen) atoms. The SMILES string of the molecule is CC(=O)C(c1cc(F)ccc1COC1(C)COC1)N1CC[C@@H](OCCCCc2ccc3c(n2)NCCC3)C1.CC1(OCc2c(F)cccc2C(C(=O)O)N2CC[C@@H](OCCCCc3ccc4c(n3)NCCC4)C2)COC1.O=C(O)C(c1cccc(F)c1COC1CCOC1)N1CCC(C(O)CCCCc2ccc3c(n2)NCCC3)C1. The number of anilines is 3. The Morgan fingerprint density at radius 3 is 1.49 bits per heavy atom. The molecular formula is C89H118F3N9O14. The summed E-state index contributed by atoms with van der Waals surface area (Å²) in [5, 5.41) is 41.4. The van der Waals surface area contributed by atoms with Crippen LogP contribution in [-0.4, -0.2) is 210 Å². The Morgan fingerprint density at radius 2 is 1.01 bits per heavy atom. The minimum absolute atomic E-state index is 0.00253. The van der Waals surface area contributed by atoms with Crippen LogP contribution in [0, 0.1) is 23.4 Å². The molecule has 12 heterocycles. The molecule has 26 heteroatoms. The van der Waals surface area contributed by atoms with E-state index < -0.39 is 53.4 Å². The first-order valence-corrected chi connectivity index (χ1v) is 42.0. The number of hydrogen-bond acceptors (Lipinski definition) is 21. The molecule has 6 fully saturated rings. The zero-order chi connectivity index (χ0) is 80.3. The van der Waals surface area contributed by atoms with Crippen LogP contribution in [0.15, 0.2) is 91.0 Å². The van der Waals surface area contributed by atoms with Crippen molar-refractivity contribution in [3.05, 3.63) is 176 Å². The topological polar surface area (TPSA) is 270 Å². The largest absolute Gasteiger partial charge is 0.480 e. The number of ketones is 1. The molecule has 0 amide bonds. The van der Waals surface area contributed by atoms with Crippen LogP contribution in [-0.2, 0) is 111 Å². The average molecular weight is 1590 g/mol. The van der Waals surface area contributed by atoms with Crippen LogP contribution in [0.3, 0.4) is 0 Å². The minimum atomic E-state index is -1.02. The van der Waals surface area contributed by atoms with Gasteiger partial charge in [0.15, 0.2) is 5.78 Å². The predicted octanol–water partition coefficient (Wildman–Crippen LogP) is 12.9. The van der Waals surface area contributed by atoms with Gasteiger partial charge in [0.25, 0.3) is 0 Å². The lowest BCUT2D eigenvalue weighted by molar-refractivity contribution is -0.205. The lowest BCUT2D eigenvalue weighted by atomic mass is 9.95. The van der Waals surface area contributed by atoms with Crippen molar-refractivity contribution in [3.8, 4) is 0 Å². The molecule has 0 aliphatic carbocycles. The number of aliphatic carboxylic acids is 2. The molecule has 15 rings (SSSR count). The molecule has 8 atom stereocenters. The van der Waals surface area contributed by atoms with Gasteiger partial charge in [-0.3, -0.25) is 29.1 Å². The smallest absolute Gasteiger partial charge is 0.325 e.